The van der Waals surface area contributed by atoms with Crippen molar-refractivity contribution in [1.82, 2.24) is 4.98 Å². The zero-order valence-electron chi connectivity index (χ0n) is 10.3. The van der Waals surface area contributed by atoms with E-state index >= 15 is 0 Å². The molecule has 0 fully saturated rings. The molecule has 1 heterocycles. The van der Waals surface area contributed by atoms with Crippen molar-refractivity contribution < 1.29 is 4.79 Å². The molecule has 0 aliphatic carbocycles. The van der Waals surface area contributed by atoms with E-state index in [1.54, 1.807) is 24.3 Å². The lowest BCUT2D eigenvalue weighted by molar-refractivity contribution is -0.114. The molecule has 0 saturated carbocycles. The highest BCUT2D eigenvalue weighted by Gasteiger charge is 1.98. The maximum absolute atomic E-state index is 10.9. The molecule has 0 spiro atoms. The predicted molar refractivity (Wildman–Crippen MR) is 73.0 cm³/mol. The van der Waals surface area contributed by atoms with Crippen LogP contribution in [-0.4, -0.2) is 10.9 Å². The van der Waals surface area contributed by atoms with Crippen molar-refractivity contribution in [2.24, 2.45) is 0 Å². The molecule has 1 aromatic carbocycles. The molecule has 0 radical (unpaired) electrons. The van der Waals surface area contributed by atoms with Crippen LogP contribution in [0.2, 0.25) is 0 Å². The number of benzene rings is 1. The average molecular weight is 252 g/mol. The predicted octanol–water partition coefficient (Wildman–Crippen LogP) is 2.66. The molecule has 2 N–H and O–H groups in total. The highest BCUT2D eigenvalue weighted by atomic mass is 16.1. The smallest absolute Gasteiger partial charge is 0.221 e. The van der Waals surface area contributed by atoms with Crippen LogP contribution in [0.5, 0.6) is 0 Å². The van der Waals surface area contributed by atoms with Crippen molar-refractivity contribution in [3.8, 4) is 6.07 Å². The van der Waals surface area contributed by atoms with Gasteiger partial charge in [-0.1, -0.05) is 0 Å². The van der Waals surface area contributed by atoms with Gasteiger partial charge in [-0.05, 0) is 36.4 Å². The fraction of sp³-hybridized carbons (Fsp3) is 0.0714. The van der Waals surface area contributed by atoms with Crippen molar-refractivity contribution >= 4 is 23.1 Å². The van der Waals surface area contributed by atoms with Gasteiger partial charge in [0.05, 0.1) is 5.56 Å². The second kappa shape index (κ2) is 5.65. The Kier molecular flexibility index (Phi) is 3.74. The minimum absolute atomic E-state index is 0.102. The summed E-state index contributed by atoms with van der Waals surface area (Å²) in [7, 11) is 0. The molecule has 2 rings (SSSR count). The number of aromatic nitrogens is 1. The molecule has 1 amide bonds. The highest BCUT2D eigenvalue weighted by molar-refractivity contribution is 5.88. The normalized spacial score (nSPS) is 9.47. The van der Waals surface area contributed by atoms with Gasteiger partial charge in [0, 0.05) is 24.5 Å². The number of hydrogen-bond donors (Lipinski definition) is 2. The molecule has 0 bridgehead atoms. The second-order valence-corrected chi connectivity index (χ2v) is 3.93. The monoisotopic (exact) mass is 252 g/mol. The lowest BCUT2D eigenvalue weighted by Gasteiger charge is -2.07. The van der Waals surface area contributed by atoms with Crippen LogP contribution in [0.3, 0.4) is 0 Å². The molecule has 94 valence electrons. The van der Waals surface area contributed by atoms with Crippen LogP contribution < -0.4 is 10.6 Å². The molecule has 0 aliphatic rings. The number of rotatable bonds is 3. The second-order valence-electron chi connectivity index (χ2n) is 3.93. The number of anilines is 3. The molecule has 1 aromatic heterocycles. The number of carbonyl (C=O) groups excluding carboxylic acids is 1. The van der Waals surface area contributed by atoms with Crippen LogP contribution in [0.1, 0.15) is 12.5 Å². The number of amides is 1. The third kappa shape index (κ3) is 3.54. The summed E-state index contributed by atoms with van der Waals surface area (Å²) in [5.74, 6) is 0.556. The molecule has 2 aromatic rings. The molecular formula is C14H12N4O. The van der Waals surface area contributed by atoms with E-state index in [1.165, 1.54) is 13.1 Å². The average Bonchev–Trinajstić information content (AvgIpc) is 2.41. The number of nitrogens with one attached hydrogen (secondary N) is 2. The van der Waals surface area contributed by atoms with Gasteiger partial charge in [-0.15, -0.1) is 0 Å². The Morgan fingerprint density at radius 2 is 1.84 bits per heavy atom. The van der Waals surface area contributed by atoms with E-state index in [-0.39, 0.29) is 5.91 Å². The van der Waals surface area contributed by atoms with Gasteiger partial charge < -0.3 is 10.6 Å². The summed E-state index contributed by atoms with van der Waals surface area (Å²) >= 11 is 0. The summed E-state index contributed by atoms with van der Waals surface area (Å²) in [4.78, 5) is 15.0. The Hall–Kier alpha value is -2.87. The van der Waals surface area contributed by atoms with Gasteiger partial charge in [-0.25, -0.2) is 4.98 Å². The Morgan fingerprint density at radius 3 is 2.37 bits per heavy atom. The highest BCUT2D eigenvalue weighted by Crippen LogP contribution is 2.17. The van der Waals surface area contributed by atoms with Gasteiger partial charge in [-0.2, -0.15) is 5.26 Å². The minimum Gasteiger partial charge on any atom is -0.340 e. The summed E-state index contributed by atoms with van der Waals surface area (Å²) in [5, 5.41) is 14.5. The molecule has 5 heteroatoms. The van der Waals surface area contributed by atoms with E-state index in [1.807, 2.05) is 18.2 Å². The fourth-order valence-corrected chi connectivity index (χ4v) is 1.52. The standard InChI is InChI=1S/C14H12N4O/c1-10(19)17-12-3-5-13(6-4-12)18-14-7-2-11(8-15)9-16-14/h2-7,9H,1H3,(H,16,18)(H,17,19). The van der Waals surface area contributed by atoms with Crippen molar-refractivity contribution in [3.63, 3.8) is 0 Å². The van der Waals surface area contributed by atoms with Gasteiger partial charge in [0.15, 0.2) is 0 Å². The number of carbonyl (C=O) groups is 1. The topological polar surface area (TPSA) is 77.8 Å². The van der Waals surface area contributed by atoms with Crippen molar-refractivity contribution in [3.05, 3.63) is 48.2 Å². The Bertz CT molecular complexity index is 611. The molecule has 5 nitrogen and oxygen atoms in total. The first-order valence-corrected chi connectivity index (χ1v) is 5.68. The Balaban J connectivity index is 2.06. The fourth-order valence-electron chi connectivity index (χ4n) is 1.52. The van der Waals surface area contributed by atoms with Crippen LogP contribution in [0.15, 0.2) is 42.6 Å². The van der Waals surface area contributed by atoms with Gasteiger partial charge >= 0.3 is 0 Å². The van der Waals surface area contributed by atoms with E-state index in [2.05, 4.69) is 15.6 Å². The lowest BCUT2D eigenvalue weighted by Crippen LogP contribution is -2.05. The van der Waals surface area contributed by atoms with Crippen LogP contribution in [0, 0.1) is 11.3 Å². The van der Waals surface area contributed by atoms with E-state index < -0.39 is 0 Å². The number of hydrogen-bond acceptors (Lipinski definition) is 4. The summed E-state index contributed by atoms with van der Waals surface area (Å²) in [6, 6.07) is 12.7. The van der Waals surface area contributed by atoms with Crippen molar-refractivity contribution in [1.29, 1.82) is 5.26 Å². The van der Waals surface area contributed by atoms with E-state index in [0.29, 0.717) is 11.4 Å². The van der Waals surface area contributed by atoms with Crippen LogP contribution in [0.25, 0.3) is 0 Å². The molecule has 0 atom stereocenters. The summed E-state index contributed by atoms with van der Waals surface area (Å²) in [5.41, 5.74) is 2.11. The van der Waals surface area contributed by atoms with Crippen molar-refractivity contribution in [2.75, 3.05) is 10.6 Å². The van der Waals surface area contributed by atoms with E-state index in [4.69, 9.17) is 5.26 Å². The Morgan fingerprint density at radius 1 is 1.16 bits per heavy atom. The molecule has 0 saturated heterocycles. The first-order valence-electron chi connectivity index (χ1n) is 5.68. The van der Waals surface area contributed by atoms with Gasteiger partial charge in [0.1, 0.15) is 11.9 Å². The van der Waals surface area contributed by atoms with E-state index in [9.17, 15) is 4.79 Å². The van der Waals surface area contributed by atoms with Gasteiger partial charge in [-0.3, -0.25) is 4.79 Å². The first kappa shape index (κ1) is 12.6. The third-order valence-corrected chi connectivity index (χ3v) is 2.37. The van der Waals surface area contributed by atoms with Crippen LogP contribution in [0.4, 0.5) is 17.2 Å². The zero-order valence-corrected chi connectivity index (χ0v) is 10.3. The summed E-state index contributed by atoms with van der Waals surface area (Å²) < 4.78 is 0. The molecule has 0 unspecified atom stereocenters. The quantitative estimate of drug-likeness (QED) is 0.880. The molecule has 19 heavy (non-hydrogen) atoms. The maximum atomic E-state index is 10.9. The minimum atomic E-state index is -0.102. The first-order chi connectivity index (χ1) is 9.17. The maximum Gasteiger partial charge on any atom is 0.221 e. The van der Waals surface area contributed by atoms with Crippen molar-refractivity contribution in [2.45, 2.75) is 6.92 Å². The molecule has 0 aliphatic heterocycles. The van der Waals surface area contributed by atoms with Gasteiger partial charge in [0.2, 0.25) is 5.91 Å². The number of nitrogens with zero attached hydrogens (tertiary/aromatic N) is 2. The Labute approximate surface area is 110 Å². The largest absolute Gasteiger partial charge is 0.340 e. The summed E-state index contributed by atoms with van der Waals surface area (Å²) in [6.45, 7) is 1.47. The number of pyridine rings is 1. The number of nitriles is 1. The SMILES string of the molecule is CC(=O)Nc1ccc(Nc2ccc(C#N)cn2)cc1. The summed E-state index contributed by atoms with van der Waals surface area (Å²) in [6.07, 6.45) is 1.51. The zero-order chi connectivity index (χ0) is 13.7. The third-order valence-electron chi connectivity index (χ3n) is 2.37. The van der Waals surface area contributed by atoms with Crippen LogP contribution >= 0.6 is 0 Å². The lowest BCUT2D eigenvalue weighted by atomic mass is 10.2. The van der Waals surface area contributed by atoms with Crippen LogP contribution in [-0.2, 0) is 4.79 Å². The molecular weight excluding hydrogens is 240 g/mol. The van der Waals surface area contributed by atoms with Gasteiger partial charge in [0.25, 0.3) is 0 Å². The van der Waals surface area contributed by atoms with E-state index in [0.717, 1.165) is 11.4 Å².